The molecule has 1 fully saturated rings. The Morgan fingerprint density at radius 1 is 1.13 bits per heavy atom. The van der Waals surface area contributed by atoms with Crippen LogP contribution >= 0.6 is 0 Å². The Morgan fingerprint density at radius 2 is 1.90 bits per heavy atom. The van der Waals surface area contributed by atoms with Gasteiger partial charge in [-0.3, -0.25) is 0 Å². The zero-order chi connectivity index (χ0) is 21.8. The highest BCUT2D eigenvalue weighted by atomic mass is 16.5. The molecule has 0 saturated carbocycles. The van der Waals surface area contributed by atoms with Crippen LogP contribution in [0.3, 0.4) is 0 Å². The smallest absolute Gasteiger partial charge is 0.258 e. The summed E-state index contributed by atoms with van der Waals surface area (Å²) in [6.45, 7) is 5.89. The third-order valence-corrected chi connectivity index (χ3v) is 5.42. The standard InChI is InChI=1S/C23H29N5O3/c1-15(2)22-26-23(31-27-22)16-7-8-24-21(10-16)28-9-5-6-17(14-28)25-18-11-19(29-3)13-20(12-18)30-4/h7-8,10-13,15,17,25H,5-6,9,14H2,1-4H3. The molecule has 3 heterocycles. The largest absolute Gasteiger partial charge is 0.497 e. The first-order valence-electron chi connectivity index (χ1n) is 10.6. The van der Waals surface area contributed by atoms with E-state index in [1.807, 2.05) is 44.2 Å². The molecule has 4 rings (SSSR count). The van der Waals surface area contributed by atoms with Gasteiger partial charge < -0.3 is 24.2 Å². The lowest BCUT2D eigenvalue weighted by molar-refractivity contribution is 0.394. The molecule has 1 saturated heterocycles. The fourth-order valence-corrected chi connectivity index (χ4v) is 3.74. The molecule has 8 heteroatoms. The topological polar surface area (TPSA) is 85.5 Å². The van der Waals surface area contributed by atoms with E-state index in [0.29, 0.717) is 11.7 Å². The molecule has 0 amide bonds. The highest BCUT2D eigenvalue weighted by Crippen LogP contribution is 2.29. The zero-order valence-corrected chi connectivity index (χ0v) is 18.5. The second-order valence-corrected chi connectivity index (χ2v) is 8.05. The Labute approximate surface area is 182 Å². The highest BCUT2D eigenvalue weighted by Gasteiger charge is 2.22. The van der Waals surface area contributed by atoms with E-state index in [4.69, 9.17) is 14.0 Å². The fourth-order valence-electron chi connectivity index (χ4n) is 3.74. The van der Waals surface area contributed by atoms with Crippen LogP contribution in [-0.4, -0.2) is 48.5 Å². The second kappa shape index (κ2) is 9.24. The minimum atomic E-state index is 0.225. The molecule has 1 unspecified atom stereocenters. The van der Waals surface area contributed by atoms with Gasteiger partial charge in [-0.1, -0.05) is 19.0 Å². The molecule has 31 heavy (non-hydrogen) atoms. The molecule has 1 aliphatic rings. The molecule has 1 atom stereocenters. The van der Waals surface area contributed by atoms with Crippen molar-refractivity contribution in [3.05, 3.63) is 42.4 Å². The molecule has 1 N–H and O–H groups in total. The van der Waals surface area contributed by atoms with E-state index < -0.39 is 0 Å². The number of aromatic nitrogens is 3. The van der Waals surface area contributed by atoms with Gasteiger partial charge in [0.15, 0.2) is 5.82 Å². The molecule has 1 aliphatic heterocycles. The Hall–Kier alpha value is -3.29. The number of benzene rings is 1. The number of ether oxygens (including phenoxy) is 2. The van der Waals surface area contributed by atoms with Crippen molar-refractivity contribution in [3.8, 4) is 23.0 Å². The van der Waals surface area contributed by atoms with Crippen molar-refractivity contribution in [1.82, 2.24) is 15.1 Å². The van der Waals surface area contributed by atoms with Crippen LogP contribution in [0.15, 0.2) is 41.1 Å². The molecule has 3 aromatic rings. The lowest BCUT2D eigenvalue weighted by Crippen LogP contribution is -2.42. The Morgan fingerprint density at radius 3 is 2.58 bits per heavy atom. The van der Waals surface area contributed by atoms with Gasteiger partial charge in [-0.15, -0.1) is 0 Å². The van der Waals surface area contributed by atoms with E-state index in [-0.39, 0.29) is 12.0 Å². The molecule has 164 valence electrons. The average molecular weight is 424 g/mol. The first-order chi connectivity index (χ1) is 15.1. The van der Waals surface area contributed by atoms with Crippen molar-refractivity contribution in [2.24, 2.45) is 0 Å². The van der Waals surface area contributed by atoms with Gasteiger partial charge in [0.05, 0.1) is 14.2 Å². The van der Waals surface area contributed by atoms with Crippen LogP contribution in [0.25, 0.3) is 11.5 Å². The van der Waals surface area contributed by atoms with E-state index in [2.05, 4.69) is 25.3 Å². The van der Waals surface area contributed by atoms with Gasteiger partial charge in [0, 0.05) is 60.7 Å². The summed E-state index contributed by atoms with van der Waals surface area (Å²) in [6.07, 6.45) is 3.95. The third-order valence-electron chi connectivity index (χ3n) is 5.42. The maximum Gasteiger partial charge on any atom is 0.258 e. The number of nitrogens with one attached hydrogen (secondary N) is 1. The first-order valence-corrected chi connectivity index (χ1v) is 10.6. The highest BCUT2D eigenvalue weighted by molar-refractivity contribution is 5.59. The zero-order valence-electron chi connectivity index (χ0n) is 18.5. The molecule has 8 nitrogen and oxygen atoms in total. The molecular weight excluding hydrogens is 394 g/mol. The normalized spacial score (nSPS) is 16.4. The predicted octanol–water partition coefficient (Wildman–Crippen LogP) is 4.35. The van der Waals surface area contributed by atoms with Crippen LogP contribution in [0.4, 0.5) is 11.5 Å². The van der Waals surface area contributed by atoms with Crippen molar-refractivity contribution in [1.29, 1.82) is 0 Å². The van der Waals surface area contributed by atoms with E-state index in [0.717, 1.165) is 54.5 Å². The van der Waals surface area contributed by atoms with E-state index in [1.54, 1.807) is 20.4 Å². The van der Waals surface area contributed by atoms with Crippen molar-refractivity contribution < 1.29 is 14.0 Å². The van der Waals surface area contributed by atoms with Crippen LogP contribution in [0, 0.1) is 0 Å². The fraction of sp³-hybridized carbons (Fsp3) is 0.435. The summed E-state index contributed by atoms with van der Waals surface area (Å²) >= 11 is 0. The van der Waals surface area contributed by atoms with E-state index in [9.17, 15) is 0 Å². The second-order valence-electron chi connectivity index (χ2n) is 8.05. The van der Waals surface area contributed by atoms with Crippen LogP contribution in [0.2, 0.25) is 0 Å². The molecule has 0 bridgehead atoms. The van der Waals surface area contributed by atoms with Crippen molar-refractivity contribution >= 4 is 11.5 Å². The number of rotatable bonds is 7. The number of pyridine rings is 1. The average Bonchev–Trinajstić information content (AvgIpc) is 3.30. The Bertz CT molecular complexity index is 998. The number of hydrogen-bond donors (Lipinski definition) is 1. The van der Waals surface area contributed by atoms with Gasteiger partial charge >= 0.3 is 0 Å². The molecule has 0 aliphatic carbocycles. The summed E-state index contributed by atoms with van der Waals surface area (Å²) in [4.78, 5) is 11.4. The van der Waals surface area contributed by atoms with Crippen LogP contribution < -0.4 is 19.7 Å². The van der Waals surface area contributed by atoms with Crippen molar-refractivity contribution in [2.75, 3.05) is 37.5 Å². The van der Waals surface area contributed by atoms with Crippen LogP contribution in [-0.2, 0) is 0 Å². The summed E-state index contributed by atoms with van der Waals surface area (Å²) in [5, 5.41) is 7.69. The summed E-state index contributed by atoms with van der Waals surface area (Å²) in [5.41, 5.74) is 1.87. The third kappa shape index (κ3) is 4.90. The summed E-state index contributed by atoms with van der Waals surface area (Å²) in [5.74, 6) is 3.92. The number of anilines is 2. The lowest BCUT2D eigenvalue weighted by Gasteiger charge is -2.34. The summed E-state index contributed by atoms with van der Waals surface area (Å²) in [6, 6.07) is 10.1. The number of nitrogens with zero attached hydrogens (tertiary/aromatic N) is 4. The van der Waals surface area contributed by atoms with Crippen molar-refractivity contribution in [2.45, 2.75) is 38.6 Å². The quantitative estimate of drug-likeness (QED) is 0.600. The molecule has 0 radical (unpaired) electrons. The minimum absolute atomic E-state index is 0.225. The Balaban J connectivity index is 1.48. The van der Waals surface area contributed by atoms with Crippen LogP contribution in [0.1, 0.15) is 38.4 Å². The first kappa shape index (κ1) is 21.0. The molecule has 1 aromatic carbocycles. The predicted molar refractivity (Wildman–Crippen MR) is 120 cm³/mol. The SMILES string of the molecule is COc1cc(NC2CCCN(c3cc(-c4nc(C(C)C)no4)ccn3)C2)cc(OC)c1. The van der Waals surface area contributed by atoms with E-state index in [1.165, 1.54) is 0 Å². The van der Waals surface area contributed by atoms with Gasteiger partial charge in [-0.25, -0.2) is 4.98 Å². The van der Waals surface area contributed by atoms with Gasteiger partial charge in [0.1, 0.15) is 17.3 Å². The molecular formula is C23H29N5O3. The van der Waals surface area contributed by atoms with Gasteiger partial charge in [-0.05, 0) is 25.0 Å². The number of piperidine rings is 1. The van der Waals surface area contributed by atoms with Gasteiger partial charge in [-0.2, -0.15) is 4.98 Å². The van der Waals surface area contributed by atoms with E-state index >= 15 is 0 Å². The monoisotopic (exact) mass is 423 g/mol. The van der Waals surface area contributed by atoms with Crippen molar-refractivity contribution in [3.63, 3.8) is 0 Å². The maximum absolute atomic E-state index is 5.45. The number of hydrogen-bond acceptors (Lipinski definition) is 8. The van der Waals surface area contributed by atoms with Crippen LogP contribution in [0.5, 0.6) is 11.5 Å². The maximum atomic E-state index is 5.45. The summed E-state index contributed by atoms with van der Waals surface area (Å²) in [7, 11) is 3.32. The number of methoxy groups -OCH3 is 2. The Kier molecular flexibility index (Phi) is 6.25. The summed E-state index contributed by atoms with van der Waals surface area (Å²) < 4.78 is 16.2. The molecule has 0 spiro atoms. The molecule has 2 aromatic heterocycles. The van der Waals surface area contributed by atoms with Gasteiger partial charge in [0.2, 0.25) is 0 Å². The van der Waals surface area contributed by atoms with Gasteiger partial charge in [0.25, 0.3) is 5.89 Å². The lowest BCUT2D eigenvalue weighted by atomic mass is 10.0. The minimum Gasteiger partial charge on any atom is -0.497 e.